The molecule has 0 aliphatic heterocycles. The topological polar surface area (TPSA) is 38.9 Å². The number of halogens is 1. The average molecular weight is 206 g/mol. The number of pyridine rings is 1. The molecule has 2 N–H and O–H groups in total. The molecular formula is C12H15FN2. The molecule has 3 heteroatoms. The molecule has 80 valence electrons. The average Bonchev–Trinajstić information content (AvgIpc) is 2.24. The van der Waals surface area contributed by atoms with E-state index < -0.39 is 0 Å². The van der Waals surface area contributed by atoms with E-state index in [1.807, 2.05) is 19.9 Å². The molecule has 0 atom stereocenters. The molecule has 0 unspecified atom stereocenters. The van der Waals surface area contributed by atoms with Crippen molar-refractivity contribution in [1.82, 2.24) is 4.98 Å². The minimum atomic E-state index is -0.243. The number of nitrogens with two attached hydrogens (primary N) is 1. The number of hydrogen-bond acceptors (Lipinski definition) is 2. The Labute approximate surface area is 88.9 Å². The normalized spacial score (nSPS) is 9.60. The molecule has 0 bridgehead atoms. The van der Waals surface area contributed by atoms with Crippen molar-refractivity contribution in [2.75, 3.05) is 5.73 Å². The van der Waals surface area contributed by atoms with Crippen molar-refractivity contribution in [2.24, 2.45) is 0 Å². The first kappa shape index (κ1) is 11.4. The summed E-state index contributed by atoms with van der Waals surface area (Å²) in [4.78, 5) is 3.89. The highest BCUT2D eigenvalue weighted by Crippen LogP contribution is 2.21. The largest absolute Gasteiger partial charge is 0.383 e. The molecule has 1 aromatic heterocycles. The molecule has 1 heterocycles. The van der Waals surface area contributed by atoms with Gasteiger partial charge in [-0.3, -0.25) is 0 Å². The summed E-state index contributed by atoms with van der Waals surface area (Å²) in [6.07, 6.45) is 1.62. The highest BCUT2D eigenvalue weighted by Gasteiger charge is 2.02. The van der Waals surface area contributed by atoms with Gasteiger partial charge in [0.2, 0.25) is 0 Å². The van der Waals surface area contributed by atoms with Crippen LogP contribution in [0.15, 0.2) is 24.4 Å². The van der Waals surface area contributed by atoms with Gasteiger partial charge in [0, 0.05) is 11.6 Å². The monoisotopic (exact) mass is 206 g/mol. The van der Waals surface area contributed by atoms with Crippen molar-refractivity contribution in [3.63, 3.8) is 0 Å². The molecular weight excluding hydrogens is 191 g/mol. The molecule has 0 radical (unpaired) electrons. The quantitative estimate of drug-likeness (QED) is 0.718. The molecule has 2 aromatic rings. The second-order valence-electron chi connectivity index (χ2n) is 3.02. The number of aromatic nitrogens is 1. The lowest BCUT2D eigenvalue weighted by Gasteiger charge is -2.02. The Morgan fingerprint density at radius 1 is 1.27 bits per heavy atom. The van der Waals surface area contributed by atoms with E-state index in [9.17, 15) is 4.39 Å². The summed E-state index contributed by atoms with van der Waals surface area (Å²) in [6, 6.07) is 5.01. The molecule has 0 amide bonds. The summed E-state index contributed by atoms with van der Waals surface area (Å²) in [7, 11) is 0. The maximum Gasteiger partial charge on any atom is 0.131 e. The fraction of sp³-hybridized carbons (Fsp3) is 0.250. The number of nitrogens with zero attached hydrogens (tertiary/aromatic N) is 1. The molecule has 0 spiro atoms. The van der Waals surface area contributed by atoms with Gasteiger partial charge in [0.05, 0.1) is 0 Å². The number of fused-ring (bicyclic) bond motifs is 1. The molecule has 0 aliphatic carbocycles. The van der Waals surface area contributed by atoms with E-state index in [1.165, 1.54) is 6.07 Å². The molecule has 2 nitrogen and oxygen atoms in total. The first-order valence-electron chi connectivity index (χ1n) is 4.99. The maximum atomic E-state index is 13.1. The van der Waals surface area contributed by atoms with Crippen molar-refractivity contribution in [3.05, 3.63) is 35.8 Å². The Morgan fingerprint density at radius 3 is 2.60 bits per heavy atom. The van der Waals surface area contributed by atoms with Gasteiger partial charge in [0.25, 0.3) is 0 Å². The van der Waals surface area contributed by atoms with Crippen LogP contribution in [-0.4, -0.2) is 4.98 Å². The van der Waals surface area contributed by atoms with Gasteiger partial charge in [-0.2, -0.15) is 0 Å². The van der Waals surface area contributed by atoms with E-state index in [-0.39, 0.29) is 5.82 Å². The Hall–Kier alpha value is -1.64. The van der Waals surface area contributed by atoms with Gasteiger partial charge in [-0.25, -0.2) is 9.37 Å². The number of anilines is 1. The highest BCUT2D eigenvalue weighted by molar-refractivity contribution is 5.91. The summed E-state index contributed by atoms with van der Waals surface area (Å²) in [6.45, 7) is 5.73. The van der Waals surface area contributed by atoms with E-state index in [0.29, 0.717) is 16.8 Å². The van der Waals surface area contributed by atoms with E-state index >= 15 is 0 Å². The van der Waals surface area contributed by atoms with Gasteiger partial charge in [0.15, 0.2) is 0 Å². The zero-order valence-corrected chi connectivity index (χ0v) is 9.21. The molecule has 0 fully saturated rings. The maximum absolute atomic E-state index is 13.1. The fourth-order valence-electron chi connectivity index (χ4n) is 1.33. The molecule has 1 aromatic carbocycles. The molecule has 0 saturated heterocycles. The third-order valence-corrected chi connectivity index (χ3v) is 2.07. The van der Waals surface area contributed by atoms with Gasteiger partial charge >= 0.3 is 0 Å². The predicted octanol–water partition coefficient (Wildman–Crippen LogP) is 3.29. The Balaban J connectivity index is 0.000000531. The minimum Gasteiger partial charge on any atom is -0.383 e. The van der Waals surface area contributed by atoms with Crippen LogP contribution in [0.5, 0.6) is 0 Å². The lowest BCUT2D eigenvalue weighted by Crippen LogP contribution is -1.92. The van der Waals surface area contributed by atoms with Crippen LogP contribution in [0.2, 0.25) is 0 Å². The van der Waals surface area contributed by atoms with Crippen molar-refractivity contribution in [2.45, 2.75) is 20.8 Å². The Kier molecular flexibility index (Phi) is 3.61. The first-order chi connectivity index (χ1) is 7.18. The van der Waals surface area contributed by atoms with Crippen LogP contribution in [0.3, 0.4) is 0 Å². The van der Waals surface area contributed by atoms with Gasteiger partial charge < -0.3 is 5.73 Å². The number of hydrogen-bond donors (Lipinski definition) is 1. The second-order valence-corrected chi connectivity index (χ2v) is 3.02. The van der Waals surface area contributed by atoms with E-state index in [4.69, 9.17) is 5.73 Å². The third-order valence-electron chi connectivity index (χ3n) is 2.07. The summed E-state index contributed by atoms with van der Waals surface area (Å²) < 4.78 is 13.1. The molecule has 2 rings (SSSR count). The smallest absolute Gasteiger partial charge is 0.131 e. The highest BCUT2D eigenvalue weighted by atomic mass is 19.1. The number of aryl methyl sites for hydroxylation is 1. The second kappa shape index (κ2) is 4.73. The summed E-state index contributed by atoms with van der Waals surface area (Å²) in [5.41, 5.74) is 6.22. The van der Waals surface area contributed by atoms with E-state index in [1.54, 1.807) is 19.2 Å². The van der Waals surface area contributed by atoms with Crippen molar-refractivity contribution in [1.29, 1.82) is 0 Å². The SMILES string of the molecule is CC.Cc1cc2ccnc(N)c2cc1F. The van der Waals surface area contributed by atoms with Gasteiger partial charge in [-0.1, -0.05) is 13.8 Å². The van der Waals surface area contributed by atoms with Gasteiger partial charge in [0.1, 0.15) is 11.6 Å². The van der Waals surface area contributed by atoms with Crippen molar-refractivity contribution < 1.29 is 4.39 Å². The van der Waals surface area contributed by atoms with Crippen molar-refractivity contribution in [3.8, 4) is 0 Å². The van der Waals surface area contributed by atoms with Gasteiger partial charge in [-0.15, -0.1) is 0 Å². The van der Waals surface area contributed by atoms with Crippen LogP contribution in [0.1, 0.15) is 19.4 Å². The number of rotatable bonds is 0. The third kappa shape index (κ3) is 2.24. The Bertz CT molecular complexity index is 466. The standard InChI is InChI=1S/C10H9FN2.C2H6/c1-6-4-7-2-3-13-10(12)8(7)5-9(6)11;1-2/h2-5H,1H3,(H2,12,13);1-2H3. The summed E-state index contributed by atoms with van der Waals surface area (Å²) in [5.74, 6) is 0.128. The molecule has 15 heavy (non-hydrogen) atoms. The van der Waals surface area contributed by atoms with Crippen LogP contribution in [0, 0.1) is 12.7 Å². The van der Waals surface area contributed by atoms with Gasteiger partial charge in [-0.05, 0) is 36.1 Å². The van der Waals surface area contributed by atoms with Crippen LogP contribution in [-0.2, 0) is 0 Å². The summed E-state index contributed by atoms with van der Waals surface area (Å²) >= 11 is 0. The van der Waals surface area contributed by atoms with Crippen LogP contribution in [0.4, 0.5) is 10.2 Å². The van der Waals surface area contributed by atoms with Crippen LogP contribution >= 0.6 is 0 Å². The minimum absolute atomic E-state index is 0.243. The molecule has 0 aliphatic rings. The first-order valence-corrected chi connectivity index (χ1v) is 4.99. The number of benzene rings is 1. The fourth-order valence-corrected chi connectivity index (χ4v) is 1.33. The Morgan fingerprint density at radius 2 is 1.93 bits per heavy atom. The van der Waals surface area contributed by atoms with E-state index in [2.05, 4.69) is 4.98 Å². The van der Waals surface area contributed by atoms with Crippen LogP contribution in [0.25, 0.3) is 10.8 Å². The summed E-state index contributed by atoms with van der Waals surface area (Å²) in [5, 5.41) is 1.59. The lowest BCUT2D eigenvalue weighted by molar-refractivity contribution is 0.620. The molecule has 0 saturated carbocycles. The van der Waals surface area contributed by atoms with Crippen LogP contribution < -0.4 is 5.73 Å². The van der Waals surface area contributed by atoms with Crippen molar-refractivity contribution >= 4 is 16.6 Å². The lowest BCUT2D eigenvalue weighted by atomic mass is 10.1. The zero-order chi connectivity index (χ0) is 11.4. The predicted molar refractivity (Wildman–Crippen MR) is 62.2 cm³/mol. The number of nitrogen functional groups attached to an aromatic ring is 1. The zero-order valence-electron chi connectivity index (χ0n) is 9.21. The van der Waals surface area contributed by atoms with E-state index in [0.717, 1.165) is 5.39 Å².